The van der Waals surface area contributed by atoms with Crippen LogP contribution in [-0.2, 0) is 0 Å². The van der Waals surface area contributed by atoms with Gasteiger partial charge in [0.2, 0.25) is 0 Å². The second-order valence-electron chi connectivity index (χ2n) is 2.60. The zero-order valence-corrected chi connectivity index (χ0v) is 6.97. The number of piperazine rings is 1. The van der Waals surface area contributed by atoms with E-state index in [2.05, 4.69) is 16.6 Å². The van der Waals surface area contributed by atoms with E-state index in [1.54, 1.807) is 4.90 Å². The van der Waals surface area contributed by atoms with Gasteiger partial charge in [0, 0.05) is 26.2 Å². The standard InChI is InChI=1S/C8H13N3O/c1-2-3-10-8(12)11-6-4-9-5-7-11/h1,9H,3-7H2,(H,10,12). The first-order valence-corrected chi connectivity index (χ1v) is 4.01. The average molecular weight is 167 g/mol. The molecular weight excluding hydrogens is 154 g/mol. The Labute approximate surface area is 72.3 Å². The van der Waals surface area contributed by atoms with E-state index in [0.717, 1.165) is 26.2 Å². The summed E-state index contributed by atoms with van der Waals surface area (Å²) in [6.07, 6.45) is 5.01. The molecule has 2 N–H and O–H groups in total. The minimum atomic E-state index is -0.0607. The van der Waals surface area contributed by atoms with Crippen LogP contribution in [0.1, 0.15) is 0 Å². The topological polar surface area (TPSA) is 44.4 Å². The molecule has 12 heavy (non-hydrogen) atoms. The van der Waals surface area contributed by atoms with Crippen molar-refractivity contribution in [2.24, 2.45) is 0 Å². The van der Waals surface area contributed by atoms with Gasteiger partial charge in [0.05, 0.1) is 6.54 Å². The number of hydrogen-bond donors (Lipinski definition) is 2. The van der Waals surface area contributed by atoms with Crippen molar-refractivity contribution in [1.82, 2.24) is 15.5 Å². The van der Waals surface area contributed by atoms with E-state index < -0.39 is 0 Å². The molecular formula is C8H13N3O. The first-order chi connectivity index (χ1) is 5.84. The van der Waals surface area contributed by atoms with Crippen LogP contribution in [0.5, 0.6) is 0 Å². The highest BCUT2D eigenvalue weighted by atomic mass is 16.2. The van der Waals surface area contributed by atoms with Crippen molar-refractivity contribution in [2.45, 2.75) is 0 Å². The van der Waals surface area contributed by atoms with E-state index >= 15 is 0 Å². The number of urea groups is 1. The summed E-state index contributed by atoms with van der Waals surface area (Å²) in [6, 6.07) is -0.0607. The number of rotatable bonds is 1. The minimum absolute atomic E-state index is 0.0607. The highest BCUT2D eigenvalue weighted by molar-refractivity contribution is 5.74. The summed E-state index contributed by atoms with van der Waals surface area (Å²) < 4.78 is 0. The van der Waals surface area contributed by atoms with Gasteiger partial charge in [-0.05, 0) is 0 Å². The lowest BCUT2D eigenvalue weighted by Crippen LogP contribution is -2.50. The number of carbonyl (C=O) groups excluding carboxylic acids is 1. The Bertz CT molecular complexity index is 191. The van der Waals surface area contributed by atoms with E-state index in [1.807, 2.05) is 0 Å². The van der Waals surface area contributed by atoms with E-state index in [-0.39, 0.29) is 6.03 Å². The van der Waals surface area contributed by atoms with E-state index in [1.165, 1.54) is 0 Å². The van der Waals surface area contributed by atoms with Gasteiger partial charge in [-0.2, -0.15) is 0 Å². The fraction of sp³-hybridized carbons (Fsp3) is 0.625. The molecule has 1 aliphatic heterocycles. The van der Waals surface area contributed by atoms with Crippen molar-refractivity contribution in [3.8, 4) is 12.3 Å². The molecule has 1 saturated heterocycles. The zero-order chi connectivity index (χ0) is 8.81. The van der Waals surface area contributed by atoms with Crippen LogP contribution in [0.3, 0.4) is 0 Å². The molecule has 1 aliphatic rings. The summed E-state index contributed by atoms with van der Waals surface area (Å²) in [7, 11) is 0. The minimum Gasteiger partial charge on any atom is -0.327 e. The van der Waals surface area contributed by atoms with Crippen LogP contribution in [0.2, 0.25) is 0 Å². The fourth-order valence-electron chi connectivity index (χ4n) is 1.11. The highest BCUT2D eigenvalue weighted by Crippen LogP contribution is 1.91. The third-order valence-electron chi connectivity index (χ3n) is 1.75. The maximum Gasteiger partial charge on any atom is 0.318 e. The van der Waals surface area contributed by atoms with Gasteiger partial charge >= 0.3 is 6.03 Å². The van der Waals surface area contributed by atoms with Crippen LogP contribution in [0, 0.1) is 12.3 Å². The Hall–Kier alpha value is -1.21. The molecule has 4 nitrogen and oxygen atoms in total. The molecule has 2 amide bonds. The predicted octanol–water partition coefficient (Wildman–Crippen LogP) is -0.766. The number of terminal acetylenes is 1. The normalized spacial score (nSPS) is 16.8. The summed E-state index contributed by atoms with van der Waals surface area (Å²) in [5, 5.41) is 5.79. The Morgan fingerprint density at radius 3 is 2.83 bits per heavy atom. The lowest BCUT2D eigenvalue weighted by Gasteiger charge is -2.27. The van der Waals surface area contributed by atoms with Crippen LogP contribution in [0.4, 0.5) is 4.79 Å². The summed E-state index contributed by atoms with van der Waals surface area (Å²) in [5.74, 6) is 2.36. The van der Waals surface area contributed by atoms with Crippen molar-refractivity contribution >= 4 is 6.03 Å². The van der Waals surface area contributed by atoms with Crippen LogP contribution in [0.15, 0.2) is 0 Å². The zero-order valence-electron chi connectivity index (χ0n) is 6.97. The van der Waals surface area contributed by atoms with Crippen molar-refractivity contribution in [3.63, 3.8) is 0 Å². The van der Waals surface area contributed by atoms with Crippen molar-refractivity contribution in [1.29, 1.82) is 0 Å². The van der Waals surface area contributed by atoms with Gasteiger partial charge < -0.3 is 15.5 Å². The molecule has 0 aromatic heterocycles. The third-order valence-corrected chi connectivity index (χ3v) is 1.75. The quantitative estimate of drug-likeness (QED) is 0.504. The van der Waals surface area contributed by atoms with Crippen molar-refractivity contribution < 1.29 is 4.79 Å². The predicted molar refractivity (Wildman–Crippen MR) is 46.7 cm³/mol. The van der Waals surface area contributed by atoms with Crippen LogP contribution < -0.4 is 10.6 Å². The number of carbonyl (C=O) groups is 1. The Balaban J connectivity index is 2.26. The molecule has 0 bridgehead atoms. The summed E-state index contributed by atoms with van der Waals surface area (Å²) in [4.78, 5) is 13.0. The molecule has 4 heteroatoms. The van der Waals surface area contributed by atoms with Gasteiger partial charge in [0.25, 0.3) is 0 Å². The van der Waals surface area contributed by atoms with Crippen LogP contribution in [-0.4, -0.2) is 43.7 Å². The van der Waals surface area contributed by atoms with E-state index in [0.29, 0.717) is 6.54 Å². The Morgan fingerprint density at radius 2 is 2.25 bits per heavy atom. The molecule has 1 heterocycles. The smallest absolute Gasteiger partial charge is 0.318 e. The maximum atomic E-state index is 11.2. The summed E-state index contributed by atoms with van der Waals surface area (Å²) >= 11 is 0. The highest BCUT2D eigenvalue weighted by Gasteiger charge is 2.14. The maximum absolute atomic E-state index is 11.2. The van der Waals surface area contributed by atoms with Crippen LogP contribution >= 0.6 is 0 Å². The van der Waals surface area contributed by atoms with Gasteiger partial charge in [0.15, 0.2) is 0 Å². The van der Waals surface area contributed by atoms with Gasteiger partial charge in [-0.1, -0.05) is 5.92 Å². The molecule has 1 rings (SSSR count). The molecule has 0 saturated carbocycles. The van der Waals surface area contributed by atoms with Crippen molar-refractivity contribution in [2.75, 3.05) is 32.7 Å². The SMILES string of the molecule is C#CCNC(=O)N1CCNCC1. The van der Waals surface area contributed by atoms with Crippen LogP contribution in [0.25, 0.3) is 0 Å². The first-order valence-electron chi connectivity index (χ1n) is 4.01. The van der Waals surface area contributed by atoms with Crippen molar-refractivity contribution in [3.05, 3.63) is 0 Å². The first kappa shape index (κ1) is 8.88. The molecule has 0 atom stereocenters. The third kappa shape index (κ3) is 2.44. The van der Waals surface area contributed by atoms with E-state index in [9.17, 15) is 4.79 Å². The number of nitrogens with zero attached hydrogens (tertiary/aromatic N) is 1. The molecule has 0 aromatic carbocycles. The average Bonchev–Trinajstić information content (AvgIpc) is 2.15. The molecule has 1 fully saturated rings. The van der Waals surface area contributed by atoms with Gasteiger partial charge in [0.1, 0.15) is 0 Å². The second-order valence-corrected chi connectivity index (χ2v) is 2.60. The molecule has 0 radical (unpaired) electrons. The lowest BCUT2D eigenvalue weighted by atomic mass is 10.4. The lowest BCUT2D eigenvalue weighted by molar-refractivity contribution is 0.191. The molecule has 66 valence electrons. The molecule has 0 aromatic rings. The summed E-state index contributed by atoms with van der Waals surface area (Å²) in [6.45, 7) is 3.56. The molecule has 0 aliphatic carbocycles. The largest absolute Gasteiger partial charge is 0.327 e. The monoisotopic (exact) mass is 167 g/mol. The number of amides is 2. The molecule has 0 spiro atoms. The van der Waals surface area contributed by atoms with E-state index in [4.69, 9.17) is 6.42 Å². The Kier molecular flexibility index (Phi) is 3.42. The van der Waals surface area contributed by atoms with Gasteiger partial charge in [-0.15, -0.1) is 6.42 Å². The Morgan fingerprint density at radius 1 is 1.58 bits per heavy atom. The van der Waals surface area contributed by atoms with Gasteiger partial charge in [-0.3, -0.25) is 0 Å². The second kappa shape index (κ2) is 4.62. The fourth-order valence-corrected chi connectivity index (χ4v) is 1.11. The number of hydrogen-bond acceptors (Lipinski definition) is 2. The number of nitrogens with one attached hydrogen (secondary N) is 2. The molecule has 0 unspecified atom stereocenters. The van der Waals surface area contributed by atoms with Gasteiger partial charge in [-0.25, -0.2) is 4.79 Å². The summed E-state index contributed by atoms with van der Waals surface area (Å²) in [5.41, 5.74) is 0.